The SMILES string of the molecule is C[C@@H]1CC(CCOC2CCC(N3C(=S)N(c4ccc(C#N)c(C(F)(F)F)c4)C(=O)C3(C)C)CC2)C[C@H](C)N1CC(=O)Nc1ccc(C2CCC(=O)NC2=O)nc1.Cl. The smallest absolute Gasteiger partial charge is 0.378 e. The summed E-state index contributed by atoms with van der Waals surface area (Å²) in [6, 6.07) is 8.54. The number of thiocarbonyl (C=S) groups is 1. The van der Waals surface area contributed by atoms with Crippen molar-refractivity contribution >= 4 is 64.7 Å². The third-order valence-corrected chi connectivity index (χ3v) is 12.2. The van der Waals surface area contributed by atoms with Crippen LogP contribution in [0.15, 0.2) is 36.5 Å². The second kappa shape index (κ2) is 17.8. The van der Waals surface area contributed by atoms with Crippen LogP contribution in [-0.4, -0.2) is 86.4 Å². The van der Waals surface area contributed by atoms with E-state index in [2.05, 4.69) is 34.4 Å². The van der Waals surface area contributed by atoms with E-state index in [1.54, 1.807) is 32.0 Å². The number of rotatable bonds is 10. The van der Waals surface area contributed by atoms with Crippen LogP contribution in [-0.2, 0) is 30.1 Å². The highest BCUT2D eigenvalue weighted by Gasteiger charge is 2.52. The molecule has 4 amide bonds. The van der Waals surface area contributed by atoms with Crippen LogP contribution in [0.1, 0.15) is 108 Å². The zero-order valence-corrected chi connectivity index (χ0v) is 34.1. The number of ether oxygens (including phenoxy) is 1. The van der Waals surface area contributed by atoms with Crippen molar-refractivity contribution in [2.45, 2.75) is 127 Å². The Hall–Kier alpha value is -4.17. The molecule has 4 aliphatic rings. The first-order chi connectivity index (χ1) is 26.5. The zero-order chi connectivity index (χ0) is 40.5. The number of halogens is 4. The molecule has 4 heterocycles. The zero-order valence-electron chi connectivity index (χ0n) is 32.4. The van der Waals surface area contributed by atoms with Crippen molar-refractivity contribution in [3.8, 4) is 6.07 Å². The van der Waals surface area contributed by atoms with E-state index in [0.717, 1.165) is 49.1 Å². The number of imide groups is 1. The molecule has 3 aliphatic heterocycles. The van der Waals surface area contributed by atoms with Crippen molar-refractivity contribution < 1.29 is 37.1 Å². The number of alkyl halides is 3. The summed E-state index contributed by atoms with van der Waals surface area (Å²) in [6.07, 6.45) is 3.23. The summed E-state index contributed by atoms with van der Waals surface area (Å²) in [6.45, 7) is 8.61. The number of nitrogens with one attached hydrogen (secondary N) is 2. The van der Waals surface area contributed by atoms with E-state index in [1.807, 2.05) is 4.90 Å². The van der Waals surface area contributed by atoms with Gasteiger partial charge in [-0.3, -0.25) is 39.3 Å². The van der Waals surface area contributed by atoms with Crippen LogP contribution >= 0.6 is 24.6 Å². The lowest BCUT2D eigenvalue weighted by molar-refractivity contribution is -0.138. The minimum Gasteiger partial charge on any atom is -0.378 e. The second-order valence-electron chi connectivity index (χ2n) is 16.0. The molecule has 2 unspecified atom stereocenters. The molecule has 308 valence electrons. The maximum Gasteiger partial charge on any atom is 0.417 e. The Morgan fingerprint density at radius 3 is 2.35 bits per heavy atom. The van der Waals surface area contributed by atoms with Gasteiger partial charge >= 0.3 is 6.18 Å². The predicted octanol–water partition coefficient (Wildman–Crippen LogP) is 6.47. The van der Waals surface area contributed by atoms with E-state index in [9.17, 15) is 37.6 Å². The van der Waals surface area contributed by atoms with Crippen LogP contribution in [0.2, 0.25) is 0 Å². The van der Waals surface area contributed by atoms with Gasteiger partial charge in [-0.25, -0.2) is 0 Å². The summed E-state index contributed by atoms with van der Waals surface area (Å²) in [5.74, 6) is -1.23. The molecule has 0 spiro atoms. The van der Waals surface area contributed by atoms with Crippen molar-refractivity contribution in [2.24, 2.45) is 5.92 Å². The number of nitrogens with zero attached hydrogens (tertiary/aromatic N) is 5. The van der Waals surface area contributed by atoms with E-state index in [0.29, 0.717) is 43.2 Å². The van der Waals surface area contributed by atoms with Crippen LogP contribution in [0.5, 0.6) is 0 Å². The number of piperidine rings is 2. The van der Waals surface area contributed by atoms with E-state index in [1.165, 1.54) is 12.3 Å². The molecule has 0 bridgehead atoms. The van der Waals surface area contributed by atoms with Crippen LogP contribution < -0.4 is 15.5 Å². The summed E-state index contributed by atoms with van der Waals surface area (Å²) >= 11 is 5.74. The average Bonchev–Trinajstić information content (AvgIpc) is 3.32. The van der Waals surface area contributed by atoms with E-state index in [-0.39, 0.29) is 78.1 Å². The molecule has 3 saturated heterocycles. The van der Waals surface area contributed by atoms with Gasteiger partial charge in [0, 0.05) is 31.2 Å². The van der Waals surface area contributed by atoms with E-state index >= 15 is 0 Å². The third-order valence-electron chi connectivity index (χ3n) is 11.8. The second-order valence-corrected chi connectivity index (χ2v) is 16.4. The number of pyridine rings is 1. The number of aromatic nitrogens is 1. The summed E-state index contributed by atoms with van der Waals surface area (Å²) in [4.78, 5) is 59.9. The summed E-state index contributed by atoms with van der Waals surface area (Å²) < 4.78 is 47.5. The highest BCUT2D eigenvalue weighted by atomic mass is 35.5. The Balaban J connectivity index is 0.00000620. The molecule has 0 radical (unpaired) electrons. The summed E-state index contributed by atoms with van der Waals surface area (Å²) in [5.41, 5.74) is -1.59. The van der Waals surface area contributed by atoms with Crippen LogP contribution in [0.4, 0.5) is 24.5 Å². The van der Waals surface area contributed by atoms with Crippen molar-refractivity contribution in [2.75, 3.05) is 23.4 Å². The van der Waals surface area contributed by atoms with Gasteiger partial charge in [0.25, 0.3) is 5.91 Å². The van der Waals surface area contributed by atoms with E-state index in [4.69, 9.17) is 17.0 Å². The fraction of sp³-hybridized carbons (Fsp3) is 0.575. The van der Waals surface area contributed by atoms with Crippen molar-refractivity contribution in [3.05, 3.63) is 53.3 Å². The lowest BCUT2D eigenvalue weighted by Crippen LogP contribution is -2.51. The number of nitriles is 1. The van der Waals surface area contributed by atoms with Gasteiger partial charge < -0.3 is 15.0 Å². The Kier molecular flexibility index (Phi) is 13.7. The van der Waals surface area contributed by atoms with Crippen molar-refractivity contribution in [1.82, 2.24) is 20.1 Å². The monoisotopic (exact) mass is 831 g/mol. The molecular weight excluding hydrogens is 783 g/mol. The average molecular weight is 832 g/mol. The molecule has 4 atom stereocenters. The molecule has 4 fully saturated rings. The predicted molar refractivity (Wildman–Crippen MR) is 212 cm³/mol. The first-order valence-corrected chi connectivity index (χ1v) is 19.6. The first-order valence-electron chi connectivity index (χ1n) is 19.2. The van der Waals surface area contributed by atoms with Gasteiger partial charge in [0.2, 0.25) is 17.7 Å². The number of benzene rings is 1. The van der Waals surface area contributed by atoms with Gasteiger partial charge in [0.05, 0.1) is 59.0 Å². The molecule has 1 saturated carbocycles. The fourth-order valence-corrected chi connectivity index (χ4v) is 9.43. The number of hydrogen-bond acceptors (Lipinski definition) is 9. The molecular formula is C40H49ClF3N7O5S. The minimum atomic E-state index is -4.76. The summed E-state index contributed by atoms with van der Waals surface area (Å²) in [5, 5.41) is 14.6. The summed E-state index contributed by atoms with van der Waals surface area (Å²) in [7, 11) is 0. The molecule has 1 aliphatic carbocycles. The van der Waals surface area contributed by atoms with Gasteiger partial charge in [-0.2, -0.15) is 18.4 Å². The van der Waals surface area contributed by atoms with Gasteiger partial charge in [-0.15, -0.1) is 12.4 Å². The quantitative estimate of drug-likeness (QED) is 0.202. The molecule has 6 rings (SSSR count). The molecule has 57 heavy (non-hydrogen) atoms. The van der Waals surface area contributed by atoms with Gasteiger partial charge in [-0.1, -0.05) is 0 Å². The third kappa shape index (κ3) is 9.59. The maximum atomic E-state index is 13.7. The van der Waals surface area contributed by atoms with Crippen LogP contribution in [0.25, 0.3) is 0 Å². The lowest BCUT2D eigenvalue weighted by atomic mass is 9.85. The number of likely N-dealkylation sites (tertiary alicyclic amines) is 1. The Labute approximate surface area is 342 Å². The normalized spacial score (nSPS) is 26.8. The molecule has 2 aromatic rings. The minimum absolute atomic E-state index is 0. The standard InChI is InChI=1S/C40H48F3N7O5S.ClH/c1-23-17-25(18-24(2)48(23)22-35(52)46-27-6-13-33(45-21-27)31-12-14-34(51)47-36(31)53)15-16-55-30-10-8-28(9-11-30)50-38(56)49(37(54)39(50,3)4)29-7-5-26(20-44)32(19-29)40(41,42)43;/h5-7,13,19,21,23-25,28,30-31H,8-12,14-18,22H2,1-4H3,(H,46,52)(H,47,51,53);1H/t23-,24+,25?,28?,30?,31?;. The van der Waals surface area contributed by atoms with Crippen molar-refractivity contribution in [3.63, 3.8) is 0 Å². The van der Waals surface area contributed by atoms with E-state index < -0.39 is 34.7 Å². The molecule has 1 aromatic heterocycles. The lowest BCUT2D eigenvalue weighted by Gasteiger charge is -2.42. The highest BCUT2D eigenvalue weighted by Crippen LogP contribution is 2.41. The van der Waals surface area contributed by atoms with Crippen LogP contribution in [0, 0.1) is 17.2 Å². The molecule has 17 heteroatoms. The van der Waals surface area contributed by atoms with Gasteiger partial charge in [-0.05, 0) is 128 Å². The fourth-order valence-electron chi connectivity index (χ4n) is 8.87. The number of carbonyl (C=O) groups excluding carboxylic acids is 4. The number of amides is 4. The van der Waals surface area contributed by atoms with Crippen molar-refractivity contribution in [1.29, 1.82) is 5.26 Å². The van der Waals surface area contributed by atoms with Gasteiger partial charge in [0.15, 0.2) is 5.11 Å². The maximum absolute atomic E-state index is 13.7. The Bertz CT molecular complexity index is 1890. The molecule has 12 nitrogen and oxygen atoms in total. The highest BCUT2D eigenvalue weighted by molar-refractivity contribution is 7.80. The largest absolute Gasteiger partial charge is 0.417 e. The Morgan fingerprint density at radius 1 is 1.07 bits per heavy atom. The molecule has 1 aromatic carbocycles. The number of anilines is 2. The molecule has 2 N–H and O–H groups in total. The van der Waals surface area contributed by atoms with Gasteiger partial charge in [0.1, 0.15) is 5.54 Å². The topological polar surface area (TPSA) is 148 Å². The Morgan fingerprint density at radius 2 is 1.75 bits per heavy atom. The first kappa shape index (κ1) is 43.9. The number of hydrogen-bond donors (Lipinski definition) is 2. The van der Waals surface area contributed by atoms with Crippen LogP contribution in [0.3, 0.4) is 0 Å². The number of carbonyl (C=O) groups is 4.